The molecule has 0 saturated carbocycles. The number of benzene rings is 1. The Kier molecular flexibility index (Phi) is 3.78. The quantitative estimate of drug-likeness (QED) is 0.767. The Hall–Kier alpha value is -1.69. The van der Waals surface area contributed by atoms with Crippen molar-refractivity contribution in [2.24, 2.45) is 5.73 Å². The summed E-state index contributed by atoms with van der Waals surface area (Å²) in [4.78, 5) is 10.9. The molecule has 0 saturated heterocycles. The van der Waals surface area contributed by atoms with E-state index in [0.717, 1.165) is 12.1 Å². The highest BCUT2D eigenvalue weighted by molar-refractivity contribution is 5.70. The fourth-order valence-corrected chi connectivity index (χ4v) is 1.23. The van der Waals surface area contributed by atoms with Gasteiger partial charge in [0, 0.05) is 11.6 Å². The van der Waals surface area contributed by atoms with Crippen LogP contribution in [0.5, 0.6) is 5.75 Å². The first-order valence-electron chi connectivity index (χ1n) is 4.46. The van der Waals surface area contributed by atoms with Gasteiger partial charge >= 0.3 is 5.97 Å². The Morgan fingerprint density at radius 3 is 2.75 bits per heavy atom. The van der Waals surface area contributed by atoms with Gasteiger partial charge in [0.15, 0.2) is 11.6 Å². The Morgan fingerprint density at radius 2 is 2.19 bits per heavy atom. The lowest BCUT2D eigenvalue weighted by Crippen LogP contribution is -2.16. The van der Waals surface area contributed by atoms with Gasteiger partial charge in [-0.2, -0.15) is 4.39 Å². The molecule has 4 nitrogen and oxygen atoms in total. The van der Waals surface area contributed by atoms with Gasteiger partial charge in [-0.15, -0.1) is 0 Å². The summed E-state index contributed by atoms with van der Waals surface area (Å²) in [5, 5.41) is 9.29. The number of carbonyl (C=O) groups is 1. The van der Waals surface area contributed by atoms with E-state index in [1.54, 1.807) is 0 Å². The second-order valence-electron chi connectivity index (χ2n) is 3.19. The zero-order chi connectivity index (χ0) is 12.3. The average Bonchev–Trinajstić information content (AvgIpc) is 2.25. The van der Waals surface area contributed by atoms with Crippen molar-refractivity contribution in [3.05, 3.63) is 29.3 Å². The van der Waals surface area contributed by atoms with E-state index < -0.39 is 29.4 Å². The minimum atomic E-state index is -1.38. The van der Waals surface area contributed by atoms with E-state index in [9.17, 15) is 18.7 Å². The van der Waals surface area contributed by atoms with E-state index in [4.69, 9.17) is 5.73 Å². The van der Waals surface area contributed by atoms with Crippen molar-refractivity contribution < 1.29 is 23.4 Å². The number of ether oxygens (including phenoxy) is 1. The third-order valence-electron chi connectivity index (χ3n) is 2.11. The van der Waals surface area contributed by atoms with Gasteiger partial charge in [-0.1, -0.05) is 6.07 Å². The predicted octanol–water partition coefficient (Wildman–Crippen LogP) is 1.23. The number of halogens is 2. The van der Waals surface area contributed by atoms with E-state index >= 15 is 0 Å². The van der Waals surface area contributed by atoms with E-state index in [1.165, 1.54) is 7.11 Å². The number of phenols is 1. The molecule has 0 heterocycles. The van der Waals surface area contributed by atoms with Crippen LogP contribution in [0.1, 0.15) is 18.0 Å². The average molecular weight is 231 g/mol. The second kappa shape index (κ2) is 4.89. The van der Waals surface area contributed by atoms with Crippen LogP contribution in [0, 0.1) is 11.6 Å². The molecule has 1 aromatic carbocycles. The van der Waals surface area contributed by atoms with E-state index in [0.29, 0.717) is 0 Å². The molecule has 0 bridgehead atoms. The largest absolute Gasteiger partial charge is 0.505 e. The maximum absolute atomic E-state index is 13.0. The van der Waals surface area contributed by atoms with Crippen molar-refractivity contribution in [2.75, 3.05) is 7.11 Å². The summed E-state index contributed by atoms with van der Waals surface area (Å²) < 4.78 is 30.0. The monoisotopic (exact) mass is 231 g/mol. The highest BCUT2D eigenvalue weighted by Gasteiger charge is 2.19. The Morgan fingerprint density at radius 1 is 1.56 bits per heavy atom. The summed E-state index contributed by atoms with van der Waals surface area (Å²) in [6, 6.07) is 1.02. The molecule has 88 valence electrons. The molecule has 3 N–H and O–H groups in total. The minimum Gasteiger partial charge on any atom is -0.505 e. The molecular weight excluding hydrogens is 220 g/mol. The molecule has 6 heteroatoms. The molecule has 1 atom stereocenters. The van der Waals surface area contributed by atoms with E-state index in [-0.39, 0.29) is 12.0 Å². The number of aromatic hydroxyl groups is 1. The lowest BCUT2D eigenvalue weighted by Gasteiger charge is -2.12. The van der Waals surface area contributed by atoms with Crippen LogP contribution in [0.15, 0.2) is 12.1 Å². The number of phenolic OH excluding ortho intramolecular Hbond substituents is 1. The molecule has 0 aliphatic rings. The maximum atomic E-state index is 13.0. The highest BCUT2D eigenvalue weighted by atomic mass is 19.2. The van der Waals surface area contributed by atoms with Crippen molar-refractivity contribution >= 4 is 5.97 Å². The molecule has 0 amide bonds. The van der Waals surface area contributed by atoms with Crippen LogP contribution >= 0.6 is 0 Å². The third-order valence-corrected chi connectivity index (χ3v) is 2.11. The smallest absolute Gasteiger partial charge is 0.307 e. The Labute approximate surface area is 90.6 Å². The maximum Gasteiger partial charge on any atom is 0.307 e. The van der Waals surface area contributed by atoms with Crippen LogP contribution < -0.4 is 5.73 Å². The third kappa shape index (κ3) is 2.46. The van der Waals surface area contributed by atoms with Crippen LogP contribution in [-0.2, 0) is 9.53 Å². The van der Waals surface area contributed by atoms with E-state index in [2.05, 4.69) is 4.74 Å². The molecule has 1 aromatic rings. The Balaban J connectivity index is 2.96. The number of esters is 1. The van der Waals surface area contributed by atoms with Crippen LogP contribution in [0.3, 0.4) is 0 Å². The number of methoxy groups -OCH3 is 1. The molecule has 0 unspecified atom stereocenters. The molecule has 1 rings (SSSR count). The topological polar surface area (TPSA) is 72.5 Å². The van der Waals surface area contributed by atoms with Gasteiger partial charge in [-0.25, -0.2) is 4.39 Å². The number of nitrogens with two attached hydrogens (primary N) is 1. The standard InChI is InChI=1S/C10H11F2NO3/c1-16-8(14)4-7(13)5-2-3-6(11)9(12)10(5)15/h2-3,7,15H,4,13H2,1H3/t7-/m0/s1. The molecule has 0 spiro atoms. The van der Waals surface area contributed by atoms with Gasteiger partial charge in [0.05, 0.1) is 13.5 Å². The first-order chi connectivity index (χ1) is 7.47. The summed E-state index contributed by atoms with van der Waals surface area (Å²) >= 11 is 0. The summed E-state index contributed by atoms with van der Waals surface area (Å²) in [6.45, 7) is 0. The van der Waals surface area contributed by atoms with Gasteiger partial charge in [0.25, 0.3) is 0 Å². The fourth-order valence-electron chi connectivity index (χ4n) is 1.23. The van der Waals surface area contributed by atoms with Crippen molar-refractivity contribution in [1.29, 1.82) is 0 Å². The van der Waals surface area contributed by atoms with Gasteiger partial charge in [0.2, 0.25) is 5.82 Å². The van der Waals surface area contributed by atoms with Gasteiger partial charge < -0.3 is 15.6 Å². The first-order valence-corrected chi connectivity index (χ1v) is 4.46. The lowest BCUT2D eigenvalue weighted by atomic mass is 10.0. The van der Waals surface area contributed by atoms with Crippen molar-refractivity contribution in [3.8, 4) is 5.75 Å². The zero-order valence-corrected chi connectivity index (χ0v) is 8.54. The summed E-state index contributed by atoms with van der Waals surface area (Å²) in [5.41, 5.74) is 5.50. The van der Waals surface area contributed by atoms with Crippen LogP contribution in [0.4, 0.5) is 8.78 Å². The predicted molar refractivity (Wildman–Crippen MR) is 51.6 cm³/mol. The molecular formula is C10H11F2NO3. The summed E-state index contributed by atoms with van der Waals surface area (Å²) in [7, 11) is 1.18. The van der Waals surface area contributed by atoms with Crippen LogP contribution in [-0.4, -0.2) is 18.2 Å². The number of hydrogen-bond acceptors (Lipinski definition) is 4. The van der Waals surface area contributed by atoms with Gasteiger partial charge in [-0.05, 0) is 6.07 Å². The van der Waals surface area contributed by atoms with Crippen molar-refractivity contribution in [2.45, 2.75) is 12.5 Å². The summed E-state index contributed by atoms with van der Waals surface area (Å²) in [6.07, 6.45) is -0.227. The number of rotatable bonds is 3. The lowest BCUT2D eigenvalue weighted by molar-refractivity contribution is -0.141. The molecule has 0 aromatic heterocycles. The number of carbonyl (C=O) groups excluding carboxylic acids is 1. The normalized spacial score (nSPS) is 12.2. The molecule has 0 radical (unpaired) electrons. The van der Waals surface area contributed by atoms with Crippen LogP contribution in [0.25, 0.3) is 0 Å². The molecule has 0 aliphatic heterocycles. The molecule has 0 aliphatic carbocycles. The van der Waals surface area contributed by atoms with Gasteiger partial charge in [0.1, 0.15) is 0 Å². The van der Waals surface area contributed by atoms with Gasteiger partial charge in [-0.3, -0.25) is 4.79 Å². The van der Waals surface area contributed by atoms with Crippen molar-refractivity contribution in [3.63, 3.8) is 0 Å². The SMILES string of the molecule is COC(=O)C[C@H](N)c1ccc(F)c(F)c1O. The van der Waals surface area contributed by atoms with E-state index in [1.807, 2.05) is 0 Å². The van der Waals surface area contributed by atoms with Crippen LogP contribution in [0.2, 0.25) is 0 Å². The van der Waals surface area contributed by atoms with Crippen molar-refractivity contribution in [1.82, 2.24) is 0 Å². The minimum absolute atomic E-state index is 0.0377. The number of hydrogen-bond donors (Lipinski definition) is 2. The zero-order valence-electron chi connectivity index (χ0n) is 8.54. The molecule has 0 fully saturated rings. The molecule has 16 heavy (non-hydrogen) atoms. The summed E-state index contributed by atoms with van der Waals surface area (Å²) in [5.74, 6) is -4.03. The second-order valence-corrected chi connectivity index (χ2v) is 3.19. The Bertz CT molecular complexity index is 409. The first kappa shape index (κ1) is 12.4. The highest BCUT2D eigenvalue weighted by Crippen LogP contribution is 2.29. The fraction of sp³-hybridized carbons (Fsp3) is 0.300.